The summed E-state index contributed by atoms with van der Waals surface area (Å²) < 4.78 is 5.35. The normalized spacial score (nSPS) is 17.0. The Kier molecular flexibility index (Phi) is 5.31. The minimum absolute atomic E-state index is 0.150. The van der Waals surface area contributed by atoms with Crippen molar-refractivity contribution in [3.63, 3.8) is 0 Å². The molecule has 1 amide bonds. The Morgan fingerprint density at radius 2 is 2.00 bits per heavy atom. The van der Waals surface area contributed by atoms with Crippen LogP contribution in [-0.4, -0.2) is 66.7 Å². The lowest BCUT2D eigenvalue weighted by Crippen LogP contribution is -2.41. The van der Waals surface area contributed by atoms with Crippen LogP contribution in [0.15, 0.2) is 30.3 Å². The highest BCUT2D eigenvalue weighted by Gasteiger charge is 2.23. The van der Waals surface area contributed by atoms with Gasteiger partial charge in [0.1, 0.15) is 5.69 Å². The summed E-state index contributed by atoms with van der Waals surface area (Å²) in [5, 5.41) is 2.98. The first-order chi connectivity index (χ1) is 13.2. The van der Waals surface area contributed by atoms with Crippen molar-refractivity contribution in [2.24, 2.45) is 0 Å². The summed E-state index contributed by atoms with van der Waals surface area (Å²) in [5.41, 5.74) is 3.63. The quantitative estimate of drug-likeness (QED) is 0.865. The van der Waals surface area contributed by atoms with Gasteiger partial charge in [0.2, 0.25) is 5.95 Å². The molecular formula is C20H25N5O2. The van der Waals surface area contributed by atoms with Crippen molar-refractivity contribution < 1.29 is 9.53 Å². The molecule has 0 spiro atoms. The van der Waals surface area contributed by atoms with Crippen molar-refractivity contribution in [1.29, 1.82) is 0 Å². The highest BCUT2D eigenvalue weighted by Crippen LogP contribution is 2.32. The molecule has 1 aromatic carbocycles. The zero-order valence-electron chi connectivity index (χ0n) is 15.6. The fraction of sp³-hybridized carbons (Fsp3) is 0.450. The van der Waals surface area contributed by atoms with Gasteiger partial charge in [0, 0.05) is 44.1 Å². The van der Waals surface area contributed by atoms with E-state index >= 15 is 0 Å². The number of ether oxygens (including phenoxy) is 1. The number of aryl methyl sites for hydroxylation is 1. The lowest BCUT2D eigenvalue weighted by Gasteiger charge is -2.26. The number of fused-ring (bicyclic) bond motifs is 1. The fourth-order valence-electron chi connectivity index (χ4n) is 3.58. The Morgan fingerprint density at radius 1 is 1.19 bits per heavy atom. The highest BCUT2D eigenvalue weighted by atomic mass is 16.5. The van der Waals surface area contributed by atoms with Crippen LogP contribution in [0.4, 0.5) is 11.6 Å². The molecule has 1 saturated heterocycles. The zero-order valence-corrected chi connectivity index (χ0v) is 15.6. The van der Waals surface area contributed by atoms with Crippen molar-refractivity contribution in [2.45, 2.75) is 13.3 Å². The van der Waals surface area contributed by atoms with Crippen LogP contribution in [0.2, 0.25) is 0 Å². The molecular weight excluding hydrogens is 342 g/mol. The van der Waals surface area contributed by atoms with E-state index in [9.17, 15) is 4.79 Å². The Bertz CT molecular complexity index is 820. The summed E-state index contributed by atoms with van der Waals surface area (Å²) in [6.07, 6.45) is 0.967. The third-order valence-corrected chi connectivity index (χ3v) is 5.02. The number of carbonyl (C=O) groups excluding carboxylic acids is 1. The Balaban J connectivity index is 1.43. The Labute approximate surface area is 159 Å². The zero-order chi connectivity index (χ0) is 18.6. The van der Waals surface area contributed by atoms with Gasteiger partial charge < -0.3 is 15.0 Å². The molecule has 0 atom stereocenters. The Hall–Kier alpha value is -2.51. The van der Waals surface area contributed by atoms with E-state index in [0.717, 1.165) is 57.2 Å². The molecule has 0 unspecified atom stereocenters. The predicted octanol–water partition coefficient (Wildman–Crippen LogP) is 1.54. The SMILES string of the molecule is Cc1cc(C(=O)NCCN2CCOCC2)nc(N2CCc3ccccc32)n1. The van der Waals surface area contributed by atoms with Crippen molar-refractivity contribution in [2.75, 3.05) is 50.8 Å². The van der Waals surface area contributed by atoms with Gasteiger partial charge in [0.05, 0.1) is 13.2 Å². The molecule has 0 radical (unpaired) electrons. The first-order valence-electron chi connectivity index (χ1n) is 9.50. The van der Waals surface area contributed by atoms with E-state index in [0.29, 0.717) is 18.2 Å². The topological polar surface area (TPSA) is 70.6 Å². The van der Waals surface area contributed by atoms with Crippen LogP contribution in [0.25, 0.3) is 0 Å². The standard InChI is InChI=1S/C20H25N5O2/c1-15-14-17(19(26)21-7-9-24-10-12-27-13-11-24)23-20(22-15)25-8-6-16-4-2-3-5-18(16)25/h2-5,14H,6-13H2,1H3,(H,21,26). The van der Waals surface area contributed by atoms with Crippen LogP contribution in [0.5, 0.6) is 0 Å². The Morgan fingerprint density at radius 3 is 2.85 bits per heavy atom. The van der Waals surface area contributed by atoms with Crippen molar-refractivity contribution in [3.05, 3.63) is 47.3 Å². The van der Waals surface area contributed by atoms with Gasteiger partial charge in [0.25, 0.3) is 5.91 Å². The van der Waals surface area contributed by atoms with E-state index in [4.69, 9.17) is 4.74 Å². The molecule has 0 aliphatic carbocycles. The van der Waals surface area contributed by atoms with E-state index in [1.54, 1.807) is 6.07 Å². The summed E-state index contributed by atoms with van der Waals surface area (Å²) >= 11 is 0. The molecule has 7 heteroatoms. The molecule has 3 heterocycles. The van der Waals surface area contributed by atoms with E-state index in [1.807, 2.05) is 19.1 Å². The maximum absolute atomic E-state index is 12.6. The minimum Gasteiger partial charge on any atom is -0.379 e. The number of hydrogen-bond acceptors (Lipinski definition) is 6. The lowest BCUT2D eigenvalue weighted by atomic mass is 10.2. The van der Waals surface area contributed by atoms with Crippen molar-refractivity contribution >= 4 is 17.5 Å². The third kappa shape index (κ3) is 4.09. The highest BCUT2D eigenvalue weighted by molar-refractivity contribution is 5.92. The number of carbonyl (C=O) groups is 1. The molecule has 2 aromatic rings. The van der Waals surface area contributed by atoms with Crippen LogP contribution in [-0.2, 0) is 11.2 Å². The van der Waals surface area contributed by atoms with E-state index < -0.39 is 0 Å². The molecule has 2 aliphatic heterocycles. The van der Waals surface area contributed by atoms with Crippen LogP contribution < -0.4 is 10.2 Å². The molecule has 0 bridgehead atoms. The summed E-state index contributed by atoms with van der Waals surface area (Å²) in [5.74, 6) is 0.445. The number of amides is 1. The number of hydrogen-bond donors (Lipinski definition) is 1. The fourth-order valence-corrected chi connectivity index (χ4v) is 3.58. The lowest BCUT2D eigenvalue weighted by molar-refractivity contribution is 0.0383. The smallest absolute Gasteiger partial charge is 0.270 e. The van der Waals surface area contributed by atoms with Gasteiger partial charge in [-0.15, -0.1) is 0 Å². The largest absolute Gasteiger partial charge is 0.379 e. The maximum atomic E-state index is 12.6. The number of aromatic nitrogens is 2. The number of morpholine rings is 1. The molecule has 0 saturated carbocycles. The van der Waals surface area contributed by atoms with Gasteiger partial charge in [-0.25, -0.2) is 9.97 Å². The molecule has 1 N–H and O–H groups in total. The van der Waals surface area contributed by atoms with Crippen LogP contribution in [0.1, 0.15) is 21.7 Å². The summed E-state index contributed by atoms with van der Waals surface area (Å²) in [7, 11) is 0. The second-order valence-corrected chi connectivity index (χ2v) is 6.93. The average molecular weight is 367 g/mol. The van der Waals surface area contributed by atoms with Gasteiger partial charge >= 0.3 is 0 Å². The van der Waals surface area contributed by atoms with E-state index in [2.05, 4.69) is 37.2 Å². The van der Waals surface area contributed by atoms with Gasteiger partial charge in [0.15, 0.2) is 0 Å². The first-order valence-corrected chi connectivity index (χ1v) is 9.50. The van der Waals surface area contributed by atoms with Crippen LogP contribution >= 0.6 is 0 Å². The number of nitrogens with one attached hydrogen (secondary N) is 1. The van der Waals surface area contributed by atoms with Gasteiger partial charge in [-0.1, -0.05) is 18.2 Å². The number of rotatable bonds is 5. The van der Waals surface area contributed by atoms with Gasteiger partial charge in [-0.05, 0) is 31.0 Å². The summed E-state index contributed by atoms with van der Waals surface area (Å²) in [6, 6.07) is 10.0. The number of benzene rings is 1. The molecule has 2 aliphatic rings. The molecule has 1 aromatic heterocycles. The van der Waals surface area contributed by atoms with E-state index in [1.165, 1.54) is 5.56 Å². The average Bonchev–Trinajstić information content (AvgIpc) is 3.12. The maximum Gasteiger partial charge on any atom is 0.270 e. The van der Waals surface area contributed by atoms with Crippen LogP contribution in [0, 0.1) is 6.92 Å². The second-order valence-electron chi connectivity index (χ2n) is 6.93. The number of nitrogens with zero attached hydrogens (tertiary/aromatic N) is 4. The van der Waals surface area contributed by atoms with Gasteiger partial charge in [-0.2, -0.15) is 0 Å². The monoisotopic (exact) mass is 367 g/mol. The molecule has 142 valence electrons. The predicted molar refractivity (Wildman–Crippen MR) is 104 cm³/mol. The number of para-hydroxylation sites is 1. The second kappa shape index (κ2) is 8.02. The summed E-state index contributed by atoms with van der Waals surface area (Å²) in [4.78, 5) is 26.1. The summed E-state index contributed by atoms with van der Waals surface area (Å²) in [6.45, 7) is 7.52. The van der Waals surface area contributed by atoms with Gasteiger partial charge in [-0.3, -0.25) is 9.69 Å². The number of anilines is 2. The first kappa shape index (κ1) is 17.9. The van der Waals surface area contributed by atoms with E-state index in [-0.39, 0.29) is 5.91 Å². The van der Waals surface area contributed by atoms with Crippen molar-refractivity contribution in [3.8, 4) is 0 Å². The third-order valence-electron chi connectivity index (χ3n) is 5.02. The molecule has 27 heavy (non-hydrogen) atoms. The molecule has 4 rings (SSSR count). The van der Waals surface area contributed by atoms with Crippen molar-refractivity contribution in [1.82, 2.24) is 20.2 Å². The molecule has 7 nitrogen and oxygen atoms in total. The van der Waals surface area contributed by atoms with Crippen LogP contribution in [0.3, 0.4) is 0 Å². The molecule has 1 fully saturated rings. The minimum atomic E-state index is -0.150.